The van der Waals surface area contributed by atoms with Crippen LogP contribution in [-0.4, -0.2) is 59.1 Å². The Labute approximate surface area is 158 Å². The van der Waals surface area contributed by atoms with Crippen LogP contribution in [0.1, 0.15) is 36.0 Å². The van der Waals surface area contributed by atoms with E-state index in [-0.39, 0.29) is 5.97 Å². The third-order valence-corrected chi connectivity index (χ3v) is 5.58. The summed E-state index contributed by atoms with van der Waals surface area (Å²) in [6.07, 6.45) is 6.21. The minimum Gasteiger partial charge on any atom is -0.465 e. The van der Waals surface area contributed by atoms with Crippen molar-refractivity contribution in [3.05, 3.63) is 30.1 Å². The van der Waals surface area contributed by atoms with Gasteiger partial charge >= 0.3 is 5.97 Å². The Hall–Kier alpha value is -2.67. The van der Waals surface area contributed by atoms with Gasteiger partial charge in [-0.05, 0) is 51.9 Å². The molecule has 2 aromatic heterocycles. The molecular formula is C20H25N5O2. The van der Waals surface area contributed by atoms with Gasteiger partial charge in [-0.25, -0.2) is 14.8 Å². The quantitative estimate of drug-likeness (QED) is 0.689. The number of hydrogen-bond donors (Lipinski definition) is 2. The zero-order valence-corrected chi connectivity index (χ0v) is 16.0. The zero-order valence-electron chi connectivity index (χ0n) is 16.0. The molecule has 2 heterocycles. The Kier molecular flexibility index (Phi) is 4.70. The van der Waals surface area contributed by atoms with Gasteiger partial charge in [-0.3, -0.25) is 0 Å². The standard InChI is InChI=1S/C20H25N5O2/c1-25(2)14-7-5-13(6-8-14)23-18-17-15-9-4-12(20(26)27-3)10-16(15)24-19(17)22-11-21-18/h4,9-11,13-14H,5-8H2,1-3H3,(H2,21,22,23,24). The van der Waals surface area contributed by atoms with Crippen molar-refractivity contribution >= 4 is 33.7 Å². The number of anilines is 1. The normalized spacial score (nSPS) is 20.3. The highest BCUT2D eigenvalue weighted by Gasteiger charge is 2.23. The number of aromatic nitrogens is 3. The minimum atomic E-state index is -0.349. The number of hydrogen-bond acceptors (Lipinski definition) is 6. The lowest BCUT2D eigenvalue weighted by Crippen LogP contribution is -2.36. The van der Waals surface area contributed by atoms with Gasteiger partial charge in [-0.2, -0.15) is 0 Å². The van der Waals surface area contributed by atoms with E-state index in [0.717, 1.165) is 40.6 Å². The summed E-state index contributed by atoms with van der Waals surface area (Å²) >= 11 is 0. The van der Waals surface area contributed by atoms with E-state index in [2.05, 4.69) is 39.3 Å². The van der Waals surface area contributed by atoms with E-state index in [4.69, 9.17) is 4.74 Å². The van der Waals surface area contributed by atoms with Crippen molar-refractivity contribution in [1.82, 2.24) is 19.9 Å². The number of carbonyl (C=O) groups excluding carboxylic acids is 1. The van der Waals surface area contributed by atoms with Crippen molar-refractivity contribution in [2.45, 2.75) is 37.8 Å². The number of fused-ring (bicyclic) bond motifs is 3. The second kappa shape index (κ2) is 7.15. The first-order valence-electron chi connectivity index (χ1n) is 9.34. The molecule has 1 aromatic carbocycles. The van der Waals surface area contributed by atoms with Crippen LogP contribution in [0.25, 0.3) is 21.9 Å². The summed E-state index contributed by atoms with van der Waals surface area (Å²) in [6.45, 7) is 0. The Morgan fingerprint density at radius 3 is 2.70 bits per heavy atom. The molecule has 3 aromatic rings. The van der Waals surface area contributed by atoms with Gasteiger partial charge in [-0.1, -0.05) is 6.07 Å². The largest absolute Gasteiger partial charge is 0.465 e. The van der Waals surface area contributed by atoms with Crippen molar-refractivity contribution in [2.24, 2.45) is 0 Å². The molecule has 0 aliphatic heterocycles. The van der Waals surface area contributed by atoms with Crippen LogP contribution < -0.4 is 5.32 Å². The molecule has 7 heteroatoms. The maximum Gasteiger partial charge on any atom is 0.337 e. The molecule has 0 unspecified atom stereocenters. The first-order valence-corrected chi connectivity index (χ1v) is 9.34. The fourth-order valence-corrected chi connectivity index (χ4v) is 4.01. The number of methoxy groups -OCH3 is 1. The van der Waals surface area contributed by atoms with Crippen molar-refractivity contribution in [1.29, 1.82) is 0 Å². The van der Waals surface area contributed by atoms with Crippen molar-refractivity contribution in [2.75, 3.05) is 26.5 Å². The summed E-state index contributed by atoms with van der Waals surface area (Å²) in [6, 6.07) is 6.59. The lowest BCUT2D eigenvalue weighted by Gasteiger charge is -2.33. The number of aromatic amines is 1. The number of H-pyrrole nitrogens is 1. The Balaban J connectivity index is 1.64. The van der Waals surface area contributed by atoms with E-state index in [1.54, 1.807) is 18.5 Å². The smallest absolute Gasteiger partial charge is 0.337 e. The average molecular weight is 367 g/mol. The van der Waals surface area contributed by atoms with E-state index in [1.165, 1.54) is 20.0 Å². The van der Waals surface area contributed by atoms with E-state index in [1.807, 2.05) is 6.07 Å². The number of rotatable bonds is 4. The summed E-state index contributed by atoms with van der Waals surface area (Å²) in [5, 5.41) is 5.60. The maximum atomic E-state index is 11.8. The van der Waals surface area contributed by atoms with E-state index in [0.29, 0.717) is 17.6 Å². The van der Waals surface area contributed by atoms with Gasteiger partial charge in [0.1, 0.15) is 17.8 Å². The molecule has 0 radical (unpaired) electrons. The lowest BCUT2D eigenvalue weighted by atomic mass is 9.90. The molecule has 1 aliphatic rings. The molecule has 0 amide bonds. The van der Waals surface area contributed by atoms with Crippen LogP contribution in [0.4, 0.5) is 5.82 Å². The Morgan fingerprint density at radius 2 is 2.00 bits per heavy atom. The number of carbonyl (C=O) groups is 1. The van der Waals surface area contributed by atoms with Gasteiger partial charge in [0.15, 0.2) is 0 Å². The number of ether oxygens (including phenoxy) is 1. The van der Waals surface area contributed by atoms with Crippen molar-refractivity contribution < 1.29 is 9.53 Å². The molecule has 142 valence electrons. The molecule has 1 saturated carbocycles. The first kappa shape index (κ1) is 17.7. The predicted molar refractivity (Wildman–Crippen MR) is 106 cm³/mol. The molecule has 0 atom stereocenters. The van der Waals surface area contributed by atoms with Crippen LogP contribution in [-0.2, 0) is 4.74 Å². The van der Waals surface area contributed by atoms with Crippen LogP contribution in [0.5, 0.6) is 0 Å². The van der Waals surface area contributed by atoms with Crippen molar-refractivity contribution in [3.63, 3.8) is 0 Å². The third kappa shape index (κ3) is 3.35. The second-order valence-electron chi connectivity index (χ2n) is 7.44. The summed E-state index contributed by atoms with van der Waals surface area (Å²) in [5.74, 6) is 0.503. The number of benzene rings is 1. The van der Waals surface area contributed by atoms with Gasteiger partial charge in [0.2, 0.25) is 0 Å². The molecule has 1 fully saturated rings. The number of nitrogens with one attached hydrogen (secondary N) is 2. The third-order valence-electron chi connectivity index (χ3n) is 5.58. The average Bonchev–Trinajstić information content (AvgIpc) is 3.06. The van der Waals surface area contributed by atoms with Gasteiger partial charge in [0.25, 0.3) is 0 Å². The topological polar surface area (TPSA) is 83.1 Å². The summed E-state index contributed by atoms with van der Waals surface area (Å²) in [4.78, 5) is 26.3. The molecule has 1 aliphatic carbocycles. The molecule has 0 spiro atoms. The molecule has 27 heavy (non-hydrogen) atoms. The zero-order chi connectivity index (χ0) is 19.0. The van der Waals surface area contributed by atoms with Gasteiger partial charge in [0, 0.05) is 23.0 Å². The van der Waals surface area contributed by atoms with Crippen molar-refractivity contribution in [3.8, 4) is 0 Å². The lowest BCUT2D eigenvalue weighted by molar-refractivity contribution is 0.0601. The summed E-state index contributed by atoms with van der Waals surface area (Å²) in [7, 11) is 5.69. The highest BCUT2D eigenvalue weighted by molar-refractivity contribution is 6.12. The SMILES string of the molecule is COC(=O)c1ccc2c(c1)[nH]c1ncnc(NC3CCC(N(C)C)CC3)c12. The monoisotopic (exact) mass is 367 g/mol. The molecule has 4 rings (SSSR count). The van der Waals surface area contributed by atoms with Gasteiger partial charge < -0.3 is 19.9 Å². The van der Waals surface area contributed by atoms with Crippen LogP contribution in [0, 0.1) is 0 Å². The maximum absolute atomic E-state index is 11.8. The second-order valence-corrected chi connectivity index (χ2v) is 7.44. The fraction of sp³-hybridized carbons (Fsp3) is 0.450. The number of nitrogens with zero attached hydrogens (tertiary/aromatic N) is 3. The fourth-order valence-electron chi connectivity index (χ4n) is 4.01. The molecule has 0 bridgehead atoms. The van der Waals surface area contributed by atoms with Crippen LogP contribution in [0.3, 0.4) is 0 Å². The van der Waals surface area contributed by atoms with Gasteiger partial charge in [0.05, 0.1) is 18.1 Å². The molecular weight excluding hydrogens is 342 g/mol. The Morgan fingerprint density at radius 1 is 1.22 bits per heavy atom. The van der Waals surface area contributed by atoms with Crippen LogP contribution in [0.2, 0.25) is 0 Å². The first-order chi connectivity index (χ1) is 13.1. The Bertz CT molecular complexity index is 973. The molecule has 0 saturated heterocycles. The van der Waals surface area contributed by atoms with E-state index < -0.39 is 0 Å². The van der Waals surface area contributed by atoms with Gasteiger partial charge in [-0.15, -0.1) is 0 Å². The highest BCUT2D eigenvalue weighted by Crippen LogP contribution is 2.32. The summed E-state index contributed by atoms with van der Waals surface area (Å²) in [5.41, 5.74) is 2.14. The van der Waals surface area contributed by atoms with Crippen LogP contribution in [0.15, 0.2) is 24.5 Å². The van der Waals surface area contributed by atoms with E-state index in [9.17, 15) is 4.79 Å². The minimum absolute atomic E-state index is 0.349. The highest BCUT2D eigenvalue weighted by atomic mass is 16.5. The van der Waals surface area contributed by atoms with Crippen LogP contribution >= 0.6 is 0 Å². The number of esters is 1. The summed E-state index contributed by atoms with van der Waals surface area (Å²) < 4.78 is 4.81. The van der Waals surface area contributed by atoms with E-state index >= 15 is 0 Å². The molecule has 7 nitrogen and oxygen atoms in total. The molecule has 2 N–H and O–H groups in total. The predicted octanol–water partition coefficient (Wildman–Crippen LogP) is 3.18.